The van der Waals surface area contributed by atoms with Gasteiger partial charge in [-0.3, -0.25) is 19.7 Å². The fourth-order valence-corrected chi connectivity index (χ4v) is 3.23. The number of halogens is 1. The summed E-state index contributed by atoms with van der Waals surface area (Å²) in [6.07, 6.45) is 0. The van der Waals surface area contributed by atoms with Crippen LogP contribution >= 0.6 is 11.6 Å². The number of nitro groups is 1. The van der Waals surface area contributed by atoms with E-state index in [1.807, 2.05) is 26.8 Å². The van der Waals surface area contributed by atoms with E-state index in [4.69, 9.17) is 21.1 Å². The molecule has 0 bridgehead atoms. The van der Waals surface area contributed by atoms with Crippen LogP contribution < -0.4 is 14.8 Å². The molecule has 0 spiro atoms. The molecule has 1 N–H and O–H groups in total. The molecule has 33 heavy (non-hydrogen) atoms. The SMILES string of the molecule is COc1cc(OCC(=O)N(Cc2cccc(Cl)c2)[C@@H](C)C(=O)NC(C)(C)C)ccc1[N+](=O)[O-]. The van der Waals surface area contributed by atoms with Crippen LogP contribution in [0.4, 0.5) is 5.69 Å². The van der Waals surface area contributed by atoms with Crippen molar-refractivity contribution in [2.24, 2.45) is 0 Å². The van der Waals surface area contributed by atoms with Crippen LogP contribution in [0, 0.1) is 10.1 Å². The minimum atomic E-state index is -0.786. The van der Waals surface area contributed by atoms with E-state index in [9.17, 15) is 19.7 Å². The van der Waals surface area contributed by atoms with Gasteiger partial charge in [0.25, 0.3) is 5.91 Å². The highest BCUT2D eigenvalue weighted by atomic mass is 35.5. The molecule has 0 aliphatic rings. The monoisotopic (exact) mass is 477 g/mol. The summed E-state index contributed by atoms with van der Waals surface area (Å²) in [6.45, 7) is 6.96. The van der Waals surface area contributed by atoms with Crippen LogP contribution in [0.3, 0.4) is 0 Å². The highest BCUT2D eigenvalue weighted by Crippen LogP contribution is 2.30. The van der Waals surface area contributed by atoms with Gasteiger partial charge in [-0.25, -0.2) is 0 Å². The van der Waals surface area contributed by atoms with Crippen molar-refractivity contribution < 1.29 is 24.0 Å². The molecule has 1 atom stereocenters. The van der Waals surface area contributed by atoms with E-state index in [0.717, 1.165) is 5.56 Å². The van der Waals surface area contributed by atoms with Crippen molar-refractivity contribution in [2.45, 2.75) is 45.8 Å². The number of methoxy groups -OCH3 is 1. The van der Waals surface area contributed by atoms with E-state index in [2.05, 4.69) is 5.32 Å². The molecule has 0 unspecified atom stereocenters. The largest absolute Gasteiger partial charge is 0.490 e. The van der Waals surface area contributed by atoms with E-state index < -0.39 is 22.4 Å². The topological polar surface area (TPSA) is 111 Å². The maximum atomic E-state index is 13.1. The zero-order valence-electron chi connectivity index (χ0n) is 19.3. The Morgan fingerprint density at radius 2 is 1.91 bits per heavy atom. The zero-order chi connectivity index (χ0) is 24.8. The third-order valence-electron chi connectivity index (χ3n) is 4.62. The lowest BCUT2D eigenvalue weighted by atomic mass is 10.1. The summed E-state index contributed by atoms with van der Waals surface area (Å²) >= 11 is 6.07. The predicted octanol–water partition coefficient (Wildman–Crippen LogP) is 3.97. The first kappa shape index (κ1) is 25.9. The van der Waals surface area contributed by atoms with Crippen LogP contribution in [0.25, 0.3) is 0 Å². The lowest BCUT2D eigenvalue weighted by Crippen LogP contribution is -2.53. The minimum absolute atomic E-state index is 0.0126. The molecule has 0 heterocycles. The zero-order valence-corrected chi connectivity index (χ0v) is 20.0. The fourth-order valence-electron chi connectivity index (χ4n) is 3.02. The maximum absolute atomic E-state index is 13.1. The molecule has 10 heteroatoms. The number of nitro benzene ring substituents is 1. The second-order valence-electron chi connectivity index (χ2n) is 8.45. The first-order valence-corrected chi connectivity index (χ1v) is 10.6. The smallest absolute Gasteiger partial charge is 0.311 e. The summed E-state index contributed by atoms with van der Waals surface area (Å²) in [5.41, 5.74) is 0.0663. The quantitative estimate of drug-likeness (QED) is 0.432. The number of ether oxygens (including phenoxy) is 2. The summed E-state index contributed by atoms with van der Waals surface area (Å²) in [6, 6.07) is 10.2. The third kappa shape index (κ3) is 7.64. The van der Waals surface area contributed by atoms with Gasteiger partial charge in [-0.15, -0.1) is 0 Å². The van der Waals surface area contributed by atoms with Gasteiger partial charge in [0.1, 0.15) is 11.8 Å². The van der Waals surface area contributed by atoms with Crippen molar-refractivity contribution in [2.75, 3.05) is 13.7 Å². The fraction of sp³-hybridized carbons (Fsp3) is 0.391. The Labute approximate surface area is 197 Å². The van der Waals surface area contributed by atoms with Crippen molar-refractivity contribution in [3.8, 4) is 11.5 Å². The van der Waals surface area contributed by atoms with Gasteiger partial charge in [0.05, 0.1) is 12.0 Å². The first-order chi connectivity index (χ1) is 15.4. The number of hydrogen-bond donors (Lipinski definition) is 1. The number of amides is 2. The van der Waals surface area contributed by atoms with Crippen molar-refractivity contribution in [3.05, 3.63) is 63.2 Å². The number of benzene rings is 2. The second kappa shape index (κ2) is 11.0. The number of rotatable bonds is 9. The molecule has 2 aromatic carbocycles. The van der Waals surface area contributed by atoms with Crippen LogP contribution in [0.2, 0.25) is 5.02 Å². The van der Waals surface area contributed by atoms with Crippen molar-refractivity contribution >= 4 is 29.1 Å². The normalized spacial score (nSPS) is 11.9. The molecule has 2 amide bonds. The van der Waals surface area contributed by atoms with Gasteiger partial charge in [0, 0.05) is 29.2 Å². The predicted molar refractivity (Wildman–Crippen MR) is 125 cm³/mol. The van der Waals surface area contributed by atoms with Crippen molar-refractivity contribution in [1.82, 2.24) is 10.2 Å². The number of hydrogen-bond acceptors (Lipinski definition) is 6. The number of nitrogens with zero attached hydrogens (tertiary/aromatic N) is 2. The van der Waals surface area contributed by atoms with Crippen LogP contribution in [0.1, 0.15) is 33.3 Å². The average molecular weight is 478 g/mol. The lowest BCUT2D eigenvalue weighted by Gasteiger charge is -2.31. The Morgan fingerprint density at radius 3 is 2.48 bits per heavy atom. The van der Waals surface area contributed by atoms with E-state index in [0.29, 0.717) is 5.02 Å². The Kier molecular flexibility index (Phi) is 8.64. The molecule has 0 saturated heterocycles. The molecule has 0 radical (unpaired) electrons. The molecule has 178 valence electrons. The first-order valence-electron chi connectivity index (χ1n) is 10.2. The molecule has 2 aromatic rings. The van der Waals surface area contributed by atoms with Gasteiger partial charge in [-0.2, -0.15) is 0 Å². The highest BCUT2D eigenvalue weighted by Gasteiger charge is 2.29. The van der Waals surface area contributed by atoms with Crippen LogP contribution in [0.5, 0.6) is 11.5 Å². The Balaban J connectivity index is 2.22. The maximum Gasteiger partial charge on any atom is 0.311 e. The van der Waals surface area contributed by atoms with Crippen molar-refractivity contribution in [1.29, 1.82) is 0 Å². The number of nitrogens with one attached hydrogen (secondary N) is 1. The molecule has 9 nitrogen and oxygen atoms in total. The van der Waals surface area contributed by atoms with Gasteiger partial charge >= 0.3 is 5.69 Å². The van der Waals surface area contributed by atoms with Crippen LogP contribution in [-0.4, -0.2) is 46.9 Å². The van der Waals surface area contributed by atoms with E-state index in [-0.39, 0.29) is 36.2 Å². The van der Waals surface area contributed by atoms with Gasteiger partial charge < -0.3 is 19.7 Å². The van der Waals surface area contributed by atoms with Gasteiger partial charge in [0.2, 0.25) is 11.7 Å². The molecule has 0 aliphatic heterocycles. The molecular formula is C23H28ClN3O6. The number of carbonyl (C=O) groups excluding carboxylic acids is 2. The summed E-state index contributed by atoms with van der Waals surface area (Å²) < 4.78 is 10.6. The van der Waals surface area contributed by atoms with Crippen LogP contribution in [-0.2, 0) is 16.1 Å². The van der Waals surface area contributed by atoms with Gasteiger partial charge in [-0.05, 0) is 51.5 Å². The number of carbonyl (C=O) groups is 2. The van der Waals surface area contributed by atoms with Gasteiger partial charge in [-0.1, -0.05) is 23.7 Å². The molecule has 2 rings (SSSR count). The van der Waals surface area contributed by atoms with E-state index >= 15 is 0 Å². The molecular weight excluding hydrogens is 450 g/mol. The lowest BCUT2D eigenvalue weighted by molar-refractivity contribution is -0.385. The Hall–Kier alpha value is -3.33. The van der Waals surface area contributed by atoms with Crippen LogP contribution in [0.15, 0.2) is 42.5 Å². The molecule has 0 fully saturated rings. The minimum Gasteiger partial charge on any atom is -0.490 e. The van der Waals surface area contributed by atoms with Gasteiger partial charge in [0.15, 0.2) is 6.61 Å². The standard InChI is InChI=1S/C23H28ClN3O6/c1-15(22(29)25-23(2,3)4)26(13-16-7-6-8-17(24)11-16)21(28)14-33-18-9-10-19(27(30)31)20(12-18)32-5/h6-12,15H,13-14H2,1-5H3,(H,25,29)/t15-/m0/s1. The molecule has 0 aliphatic carbocycles. The van der Waals surface area contributed by atoms with E-state index in [1.54, 1.807) is 25.1 Å². The average Bonchev–Trinajstić information content (AvgIpc) is 2.73. The third-order valence-corrected chi connectivity index (χ3v) is 4.85. The molecule has 0 aromatic heterocycles. The summed E-state index contributed by atoms with van der Waals surface area (Å²) in [5.74, 6) is -0.516. The Morgan fingerprint density at radius 1 is 1.21 bits per heavy atom. The summed E-state index contributed by atoms with van der Waals surface area (Å²) in [5, 5.41) is 14.5. The van der Waals surface area contributed by atoms with Crippen molar-refractivity contribution in [3.63, 3.8) is 0 Å². The highest BCUT2D eigenvalue weighted by molar-refractivity contribution is 6.30. The Bertz CT molecular complexity index is 1020. The summed E-state index contributed by atoms with van der Waals surface area (Å²) in [7, 11) is 1.31. The summed E-state index contributed by atoms with van der Waals surface area (Å²) in [4.78, 5) is 37.7. The molecule has 0 saturated carbocycles. The second-order valence-corrected chi connectivity index (χ2v) is 8.88. The van der Waals surface area contributed by atoms with E-state index in [1.165, 1.54) is 30.2 Å².